The zero-order chi connectivity index (χ0) is 23.1. The Kier molecular flexibility index (Phi) is 8.15. The molecule has 1 aliphatic heterocycles. The summed E-state index contributed by atoms with van der Waals surface area (Å²) in [5.74, 6) is 1.10. The van der Waals surface area contributed by atoms with Crippen LogP contribution in [0.1, 0.15) is 42.1 Å². The third kappa shape index (κ3) is 6.97. The van der Waals surface area contributed by atoms with Gasteiger partial charge in [0.25, 0.3) is 0 Å². The number of hydrogen-bond acceptors (Lipinski definition) is 5. The van der Waals surface area contributed by atoms with E-state index in [4.69, 9.17) is 9.47 Å². The van der Waals surface area contributed by atoms with Gasteiger partial charge in [-0.25, -0.2) is 0 Å². The molecule has 1 unspecified atom stereocenters. The van der Waals surface area contributed by atoms with Crippen LogP contribution in [0.25, 0.3) is 0 Å². The van der Waals surface area contributed by atoms with Crippen molar-refractivity contribution in [3.05, 3.63) is 59.7 Å². The molecule has 0 bridgehead atoms. The Balaban J connectivity index is 1.37. The maximum absolute atomic E-state index is 12.6. The molecule has 32 heavy (non-hydrogen) atoms. The van der Waals surface area contributed by atoms with Gasteiger partial charge >= 0.3 is 6.18 Å². The molecule has 1 aliphatic rings. The fourth-order valence-electron chi connectivity index (χ4n) is 3.61. The van der Waals surface area contributed by atoms with Crippen LogP contribution < -0.4 is 9.47 Å². The van der Waals surface area contributed by atoms with Crippen LogP contribution in [0.3, 0.4) is 0 Å². The van der Waals surface area contributed by atoms with E-state index in [9.17, 15) is 23.1 Å². The van der Waals surface area contributed by atoms with Gasteiger partial charge in [0.2, 0.25) is 0 Å². The smallest absolute Gasteiger partial charge is 0.416 e. The molecule has 0 spiro atoms. The second-order valence-corrected chi connectivity index (χ2v) is 7.91. The van der Waals surface area contributed by atoms with Crippen molar-refractivity contribution in [2.45, 2.75) is 44.6 Å². The molecule has 2 aromatic carbocycles. The van der Waals surface area contributed by atoms with Crippen molar-refractivity contribution in [2.75, 3.05) is 26.2 Å². The first-order valence-electron chi connectivity index (χ1n) is 10.7. The zero-order valence-corrected chi connectivity index (χ0v) is 18.0. The highest BCUT2D eigenvalue weighted by Crippen LogP contribution is 2.30. The minimum Gasteiger partial charge on any atom is -0.491 e. The summed E-state index contributed by atoms with van der Waals surface area (Å²) in [5.41, 5.74) is -0.0527. The van der Waals surface area contributed by atoms with Gasteiger partial charge in [0, 0.05) is 31.6 Å². The number of likely N-dealkylation sites (tertiary alicyclic amines) is 1. The Hall–Kier alpha value is -2.58. The summed E-state index contributed by atoms with van der Waals surface area (Å²) in [6.45, 7) is 3.85. The first-order chi connectivity index (χ1) is 15.2. The minimum atomic E-state index is -4.36. The number of aliphatic hydroxyl groups is 1. The molecule has 8 heteroatoms. The molecule has 174 valence electrons. The Morgan fingerprint density at radius 2 is 1.66 bits per heavy atom. The summed E-state index contributed by atoms with van der Waals surface area (Å²) in [6, 6.07) is 11.6. The molecule has 0 radical (unpaired) electrons. The van der Waals surface area contributed by atoms with Gasteiger partial charge in [-0.2, -0.15) is 13.2 Å². The molecule has 1 fully saturated rings. The molecular formula is C24H28F3NO4. The number of ketones is 1. The summed E-state index contributed by atoms with van der Waals surface area (Å²) >= 11 is 0. The summed E-state index contributed by atoms with van der Waals surface area (Å²) in [6.07, 6.45) is -3.19. The van der Waals surface area contributed by atoms with Crippen molar-refractivity contribution >= 4 is 5.78 Å². The number of piperidine rings is 1. The summed E-state index contributed by atoms with van der Waals surface area (Å²) < 4.78 is 49.4. The highest BCUT2D eigenvalue weighted by atomic mass is 19.4. The number of aliphatic hydroxyl groups excluding tert-OH is 1. The fraction of sp³-hybridized carbons (Fsp3) is 0.458. The van der Waals surface area contributed by atoms with Crippen molar-refractivity contribution < 1.29 is 32.5 Å². The van der Waals surface area contributed by atoms with Crippen LogP contribution in [0, 0.1) is 0 Å². The average Bonchev–Trinajstić information content (AvgIpc) is 2.78. The predicted molar refractivity (Wildman–Crippen MR) is 114 cm³/mol. The lowest BCUT2D eigenvalue weighted by Crippen LogP contribution is -2.43. The average molecular weight is 451 g/mol. The van der Waals surface area contributed by atoms with Gasteiger partial charge in [0.05, 0.1) is 5.56 Å². The Labute approximate surface area is 185 Å². The number of halogens is 3. The second kappa shape index (κ2) is 10.8. The van der Waals surface area contributed by atoms with Crippen molar-refractivity contribution in [1.82, 2.24) is 4.90 Å². The standard InChI is InChI=1S/C24H28F3NO4/c1-2-23(30)17-3-7-20(8-4-17)31-16-19(29)15-28-13-11-22(12-14-28)32-21-9-5-18(6-10-21)24(25,26)27/h3-10,19,22,29H,2,11-16H2,1H3. The number of nitrogens with zero attached hydrogens (tertiary/aromatic N) is 1. The maximum atomic E-state index is 12.6. The van der Waals surface area contributed by atoms with Crippen LogP contribution in [0.15, 0.2) is 48.5 Å². The molecule has 1 atom stereocenters. The number of rotatable bonds is 9. The number of benzene rings is 2. The number of alkyl halides is 3. The van der Waals surface area contributed by atoms with Crippen molar-refractivity contribution in [1.29, 1.82) is 0 Å². The molecule has 0 amide bonds. The van der Waals surface area contributed by atoms with Gasteiger partial charge in [-0.15, -0.1) is 0 Å². The Morgan fingerprint density at radius 1 is 1.06 bits per heavy atom. The molecule has 1 N–H and O–H groups in total. The van der Waals surface area contributed by atoms with Crippen molar-refractivity contribution in [3.8, 4) is 11.5 Å². The van der Waals surface area contributed by atoms with Crippen LogP contribution in [0.4, 0.5) is 13.2 Å². The number of β-amino-alcohol motifs (C(OH)–C–C–N with tert-alkyl or cyclic N) is 1. The first kappa shape index (κ1) is 24.1. The highest BCUT2D eigenvalue weighted by Gasteiger charge is 2.30. The van der Waals surface area contributed by atoms with Gasteiger partial charge < -0.3 is 19.5 Å². The second-order valence-electron chi connectivity index (χ2n) is 7.91. The van der Waals surface area contributed by atoms with E-state index in [1.165, 1.54) is 12.1 Å². The van der Waals surface area contributed by atoms with Gasteiger partial charge in [-0.1, -0.05) is 6.92 Å². The van der Waals surface area contributed by atoms with E-state index in [0.717, 1.165) is 38.1 Å². The molecule has 1 saturated heterocycles. The number of carbonyl (C=O) groups excluding carboxylic acids is 1. The number of hydrogen-bond donors (Lipinski definition) is 1. The van der Waals surface area contributed by atoms with E-state index in [-0.39, 0.29) is 18.5 Å². The predicted octanol–water partition coefficient (Wildman–Crippen LogP) is 4.58. The Bertz CT molecular complexity index is 860. The summed E-state index contributed by atoms with van der Waals surface area (Å²) in [7, 11) is 0. The summed E-state index contributed by atoms with van der Waals surface area (Å²) in [5, 5.41) is 10.3. The quantitative estimate of drug-likeness (QED) is 0.566. The lowest BCUT2D eigenvalue weighted by Gasteiger charge is -2.33. The van der Waals surface area contributed by atoms with Crippen LogP contribution in [0.5, 0.6) is 11.5 Å². The Morgan fingerprint density at radius 3 is 2.22 bits per heavy atom. The van der Waals surface area contributed by atoms with E-state index in [1.807, 2.05) is 6.92 Å². The molecule has 0 aliphatic carbocycles. The van der Waals surface area contributed by atoms with Gasteiger partial charge in [0.15, 0.2) is 5.78 Å². The number of carbonyl (C=O) groups is 1. The van der Waals surface area contributed by atoms with Crippen LogP contribution in [-0.2, 0) is 6.18 Å². The van der Waals surface area contributed by atoms with Gasteiger partial charge in [-0.3, -0.25) is 4.79 Å². The van der Waals surface area contributed by atoms with E-state index in [2.05, 4.69) is 4.90 Å². The molecule has 0 saturated carbocycles. The SMILES string of the molecule is CCC(=O)c1ccc(OCC(O)CN2CCC(Oc3ccc(C(F)(F)F)cc3)CC2)cc1. The third-order valence-corrected chi connectivity index (χ3v) is 5.43. The van der Waals surface area contributed by atoms with E-state index >= 15 is 0 Å². The summed E-state index contributed by atoms with van der Waals surface area (Å²) in [4.78, 5) is 13.8. The van der Waals surface area contributed by atoms with Gasteiger partial charge in [0.1, 0.15) is 30.3 Å². The molecule has 0 aromatic heterocycles. The normalized spacial score (nSPS) is 16.5. The van der Waals surface area contributed by atoms with Crippen molar-refractivity contribution in [3.63, 3.8) is 0 Å². The molecule has 3 rings (SSSR count). The third-order valence-electron chi connectivity index (χ3n) is 5.43. The largest absolute Gasteiger partial charge is 0.491 e. The fourth-order valence-corrected chi connectivity index (χ4v) is 3.61. The van der Waals surface area contributed by atoms with E-state index in [1.54, 1.807) is 24.3 Å². The topological polar surface area (TPSA) is 59.0 Å². The van der Waals surface area contributed by atoms with Crippen LogP contribution in [0.2, 0.25) is 0 Å². The molecule has 2 aromatic rings. The molecule has 5 nitrogen and oxygen atoms in total. The van der Waals surface area contributed by atoms with Crippen LogP contribution >= 0.6 is 0 Å². The van der Waals surface area contributed by atoms with Gasteiger partial charge in [-0.05, 0) is 61.4 Å². The molecular weight excluding hydrogens is 423 g/mol. The lowest BCUT2D eigenvalue weighted by atomic mass is 10.1. The lowest BCUT2D eigenvalue weighted by molar-refractivity contribution is -0.137. The number of Topliss-reactive ketones (excluding diaryl/α,β-unsaturated/α-hetero) is 1. The first-order valence-corrected chi connectivity index (χ1v) is 10.7. The van der Waals surface area contributed by atoms with E-state index < -0.39 is 17.8 Å². The maximum Gasteiger partial charge on any atom is 0.416 e. The monoisotopic (exact) mass is 451 g/mol. The minimum absolute atomic E-state index is 0.0688. The number of ether oxygens (including phenoxy) is 2. The van der Waals surface area contributed by atoms with Crippen LogP contribution in [-0.4, -0.2) is 54.2 Å². The van der Waals surface area contributed by atoms with E-state index in [0.29, 0.717) is 30.0 Å². The highest BCUT2D eigenvalue weighted by molar-refractivity contribution is 5.95. The van der Waals surface area contributed by atoms with Crippen molar-refractivity contribution in [2.24, 2.45) is 0 Å². The molecule has 1 heterocycles. The zero-order valence-electron chi connectivity index (χ0n) is 18.0.